The summed E-state index contributed by atoms with van der Waals surface area (Å²) in [7, 11) is -3.01. The van der Waals surface area contributed by atoms with Crippen molar-refractivity contribution in [3.8, 4) is 0 Å². The summed E-state index contributed by atoms with van der Waals surface area (Å²) in [5.74, 6) is 1.76. The Kier molecular flexibility index (Phi) is 4.26. The van der Waals surface area contributed by atoms with E-state index < -0.39 is 9.84 Å². The van der Waals surface area contributed by atoms with E-state index in [1.165, 1.54) is 0 Å². The van der Waals surface area contributed by atoms with Gasteiger partial charge in [-0.3, -0.25) is 0 Å². The average Bonchev–Trinajstić information content (AvgIpc) is 2.59. The predicted octanol–water partition coefficient (Wildman–Crippen LogP) is 0.681. The fraction of sp³-hybridized carbons (Fsp3) is 0.529. The van der Waals surface area contributed by atoms with Crippen molar-refractivity contribution in [3.05, 3.63) is 34.8 Å². The number of aryl methyl sites for hydroxylation is 3. The van der Waals surface area contributed by atoms with Crippen molar-refractivity contribution in [3.63, 3.8) is 0 Å². The van der Waals surface area contributed by atoms with Crippen LogP contribution >= 0.6 is 0 Å². The Morgan fingerprint density at radius 3 is 2.27 bits per heavy atom. The van der Waals surface area contributed by atoms with Gasteiger partial charge in [0.15, 0.2) is 15.7 Å². The molecule has 138 valence electrons. The second-order valence-electron chi connectivity index (χ2n) is 6.94. The summed E-state index contributed by atoms with van der Waals surface area (Å²) < 4.78 is 23.7. The number of hydrogen-bond donors (Lipinski definition) is 0. The van der Waals surface area contributed by atoms with Gasteiger partial charge in [0.05, 0.1) is 17.2 Å². The molecule has 2 aromatic heterocycles. The highest BCUT2D eigenvalue weighted by molar-refractivity contribution is 7.90. The summed E-state index contributed by atoms with van der Waals surface area (Å²) in [6, 6.07) is 3.86. The van der Waals surface area contributed by atoms with E-state index >= 15 is 0 Å². The standard InChI is InChI=1S/C17H22N6O2S/c1-12-9-13(2)19-17(18-12)23-6-4-22(5-7-23)16-10-14-11-26(24,25)8-3-15(14)20-21-16/h9-10H,3-8,11H2,1-2H3. The zero-order valence-electron chi connectivity index (χ0n) is 15.0. The normalized spacial score (nSPS) is 19.3. The highest BCUT2D eigenvalue weighted by Gasteiger charge is 2.25. The molecule has 9 heteroatoms. The van der Waals surface area contributed by atoms with Crippen molar-refractivity contribution < 1.29 is 8.42 Å². The first-order valence-corrected chi connectivity index (χ1v) is 10.6. The Hall–Kier alpha value is -2.29. The van der Waals surface area contributed by atoms with Crippen LogP contribution in [0.3, 0.4) is 0 Å². The lowest BCUT2D eigenvalue weighted by atomic mass is 10.2. The second kappa shape index (κ2) is 6.46. The highest BCUT2D eigenvalue weighted by Crippen LogP contribution is 2.23. The first-order valence-electron chi connectivity index (χ1n) is 8.78. The van der Waals surface area contributed by atoms with E-state index in [4.69, 9.17) is 0 Å². The van der Waals surface area contributed by atoms with Crippen molar-refractivity contribution in [1.29, 1.82) is 0 Å². The van der Waals surface area contributed by atoms with E-state index in [0.717, 1.165) is 60.6 Å². The number of anilines is 2. The first-order chi connectivity index (χ1) is 12.4. The fourth-order valence-electron chi connectivity index (χ4n) is 3.48. The number of sulfone groups is 1. The summed E-state index contributed by atoms with van der Waals surface area (Å²) >= 11 is 0. The van der Waals surface area contributed by atoms with Crippen LogP contribution in [0.4, 0.5) is 11.8 Å². The van der Waals surface area contributed by atoms with Gasteiger partial charge in [0.1, 0.15) is 0 Å². The van der Waals surface area contributed by atoms with Crippen LogP contribution in [0.1, 0.15) is 22.6 Å². The number of fused-ring (bicyclic) bond motifs is 1. The third-order valence-electron chi connectivity index (χ3n) is 4.83. The molecule has 4 rings (SSSR count). The van der Waals surface area contributed by atoms with Crippen molar-refractivity contribution in [2.75, 3.05) is 41.7 Å². The van der Waals surface area contributed by atoms with Gasteiger partial charge in [-0.05, 0) is 31.5 Å². The number of aromatic nitrogens is 4. The maximum Gasteiger partial charge on any atom is 0.225 e. The summed E-state index contributed by atoms with van der Waals surface area (Å²) in [5.41, 5.74) is 3.54. The molecule has 0 aromatic carbocycles. The molecule has 0 spiro atoms. The van der Waals surface area contributed by atoms with Crippen LogP contribution in [0.2, 0.25) is 0 Å². The molecule has 2 aliphatic heterocycles. The lowest BCUT2D eigenvalue weighted by Crippen LogP contribution is -2.47. The van der Waals surface area contributed by atoms with Crippen molar-refractivity contribution in [1.82, 2.24) is 20.2 Å². The molecule has 0 aliphatic carbocycles. The highest BCUT2D eigenvalue weighted by atomic mass is 32.2. The van der Waals surface area contributed by atoms with E-state index in [1.807, 2.05) is 26.0 Å². The topological polar surface area (TPSA) is 92.2 Å². The number of nitrogens with zero attached hydrogens (tertiary/aromatic N) is 6. The molecule has 2 aromatic rings. The van der Waals surface area contributed by atoms with Crippen LogP contribution in [0.15, 0.2) is 12.1 Å². The molecule has 0 unspecified atom stereocenters. The fourth-order valence-corrected chi connectivity index (χ4v) is 4.85. The number of piperazine rings is 1. The number of hydrogen-bond acceptors (Lipinski definition) is 8. The van der Waals surface area contributed by atoms with Gasteiger partial charge in [-0.25, -0.2) is 18.4 Å². The van der Waals surface area contributed by atoms with Gasteiger partial charge in [-0.15, -0.1) is 5.10 Å². The quantitative estimate of drug-likeness (QED) is 0.758. The van der Waals surface area contributed by atoms with Gasteiger partial charge < -0.3 is 9.80 Å². The molecule has 26 heavy (non-hydrogen) atoms. The van der Waals surface area contributed by atoms with E-state index in [2.05, 4.69) is 30.0 Å². The molecule has 1 saturated heterocycles. The molecule has 0 radical (unpaired) electrons. The van der Waals surface area contributed by atoms with Crippen molar-refractivity contribution in [2.24, 2.45) is 0 Å². The number of rotatable bonds is 2. The Balaban J connectivity index is 1.48. The molecule has 2 aliphatic rings. The molecule has 8 nitrogen and oxygen atoms in total. The largest absolute Gasteiger partial charge is 0.352 e. The zero-order chi connectivity index (χ0) is 18.3. The predicted molar refractivity (Wildman–Crippen MR) is 99.2 cm³/mol. The van der Waals surface area contributed by atoms with Crippen LogP contribution in [-0.4, -0.2) is 60.5 Å². The van der Waals surface area contributed by atoms with Gasteiger partial charge in [0.25, 0.3) is 0 Å². The Labute approximate surface area is 153 Å². The molecular weight excluding hydrogens is 352 g/mol. The molecule has 1 fully saturated rings. The molecule has 0 saturated carbocycles. The summed E-state index contributed by atoms with van der Waals surface area (Å²) in [6.45, 7) is 7.09. The minimum atomic E-state index is -3.01. The first kappa shape index (κ1) is 17.1. The Morgan fingerprint density at radius 1 is 0.923 bits per heavy atom. The summed E-state index contributed by atoms with van der Waals surface area (Å²) in [5, 5.41) is 8.59. The molecule has 4 heterocycles. The van der Waals surface area contributed by atoms with Crippen LogP contribution in [-0.2, 0) is 22.0 Å². The minimum Gasteiger partial charge on any atom is -0.352 e. The van der Waals surface area contributed by atoms with Crippen LogP contribution in [0.25, 0.3) is 0 Å². The SMILES string of the molecule is Cc1cc(C)nc(N2CCN(c3cc4c(nn3)CCS(=O)(=O)C4)CC2)n1. The molecule has 0 amide bonds. The van der Waals surface area contributed by atoms with E-state index in [9.17, 15) is 8.42 Å². The maximum atomic E-state index is 11.9. The van der Waals surface area contributed by atoms with E-state index in [0.29, 0.717) is 6.42 Å². The molecular formula is C17H22N6O2S. The lowest BCUT2D eigenvalue weighted by molar-refractivity contribution is 0.589. The van der Waals surface area contributed by atoms with E-state index in [-0.39, 0.29) is 11.5 Å². The minimum absolute atomic E-state index is 0.0707. The van der Waals surface area contributed by atoms with Gasteiger partial charge in [0, 0.05) is 44.0 Å². The van der Waals surface area contributed by atoms with Crippen LogP contribution in [0.5, 0.6) is 0 Å². The smallest absolute Gasteiger partial charge is 0.225 e. The third kappa shape index (κ3) is 3.48. The Morgan fingerprint density at radius 2 is 1.58 bits per heavy atom. The van der Waals surface area contributed by atoms with Gasteiger partial charge in [-0.1, -0.05) is 0 Å². The van der Waals surface area contributed by atoms with Crippen LogP contribution < -0.4 is 9.80 Å². The molecule has 0 bridgehead atoms. The summed E-state index contributed by atoms with van der Waals surface area (Å²) in [4.78, 5) is 13.4. The van der Waals surface area contributed by atoms with Crippen molar-refractivity contribution >= 4 is 21.6 Å². The van der Waals surface area contributed by atoms with E-state index in [1.54, 1.807) is 0 Å². The average molecular weight is 374 g/mol. The zero-order valence-corrected chi connectivity index (χ0v) is 15.8. The van der Waals surface area contributed by atoms with Gasteiger partial charge in [0.2, 0.25) is 5.95 Å². The second-order valence-corrected chi connectivity index (χ2v) is 9.13. The molecule has 0 atom stereocenters. The van der Waals surface area contributed by atoms with Gasteiger partial charge in [-0.2, -0.15) is 5.10 Å². The maximum absolute atomic E-state index is 11.9. The van der Waals surface area contributed by atoms with Crippen molar-refractivity contribution in [2.45, 2.75) is 26.0 Å². The molecule has 0 N–H and O–H groups in total. The van der Waals surface area contributed by atoms with Gasteiger partial charge >= 0.3 is 0 Å². The monoisotopic (exact) mass is 374 g/mol. The lowest BCUT2D eigenvalue weighted by Gasteiger charge is -2.35. The third-order valence-corrected chi connectivity index (χ3v) is 6.41. The summed E-state index contributed by atoms with van der Waals surface area (Å²) in [6.07, 6.45) is 0.461. The van der Waals surface area contributed by atoms with Crippen LogP contribution in [0, 0.1) is 13.8 Å². The Bertz CT molecular complexity index is 918.